The molecule has 5 nitrogen and oxygen atoms in total. The Balaban J connectivity index is 4.46. The molecule has 0 radical (unpaired) electrons. The number of nitrogens with one attached hydrogen (secondary N) is 1. The van der Waals surface area contributed by atoms with E-state index in [0.717, 1.165) is 0 Å². The van der Waals surface area contributed by atoms with Crippen LogP contribution in [0.3, 0.4) is 0 Å². The highest BCUT2D eigenvalue weighted by Gasteiger charge is 2.29. The van der Waals surface area contributed by atoms with Crippen LogP contribution in [0.5, 0.6) is 0 Å². The van der Waals surface area contributed by atoms with Crippen molar-refractivity contribution in [2.45, 2.75) is 13.1 Å². The summed E-state index contributed by atoms with van der Waals surface area (Å²) in [5, 5.41) is 2.48. The Morgan fingerprint density at radius 2 is 1.75 bits per heavy atom. The molecule has 0 saturated carbocycles. The number of nitrogens with two attached hydrogens (primary N) is 1. The van der Waals surface area contributed by atoms with Crippen LogP contribution in [0.15, 0.2) is 0 Å². The molecule has 0 aromatic carbocycles. The molecule has 0 aromatic rings. The summed E-state index contributed by atoms with van der Waals surface area (Å²) < 4.78 is 0.287. The smallest absolute Gasteiger partial charge is 0.297 e. The molecule has 0 aromatic heterocycles. The second-order valence-corrected chi connectivity index (χ2v) is 3.62. The number of nitrogens with zero attached hydrogens (tertiary/aromatic N) is 1. The maximum atomic E-state index is 10.9. The Kier molecular flexibility index (Phi) is 3.21. The van der Waals surface area contributed by atoms with Gasteiger partial charge in [0.05, 0.1) is 21.1 Å². The van der Waals surface area contributed by atoms with Crippen molar-refractivity contribution in [1.82, 2.24) is 5.32 Å². The molecule has 0 aliphatic rings. The zero-order valence-electron chi connectivity index (χ0n) is 7.92. The number of hydrogen-bond acceptors (Lipinski definition) is 2. The fourth-order valence-electron chi connectivity index (χ4n) is 0.839. The predicted octanol–water partition coefficient (Wildman–Crippen LogP) is -1.36. The van der Waals surface area contributed by atoms with Gasteiger partial charge in [-0.3, -0.25) is 14.9 Å². The van der Waals surface area contributed by atoms with Gasteiger partial charge in [-0.05, 0) is 0 Å². The molecule has 70 valence electrons. The summed E-state index contributed by atoms with van der Waals surface area (Å²) in [6.45, 7) is 1.35. The number of carbonyl (C=O) groups is 2. The van der Waals surface area contributed by atoms with Crippen LogP contribution in [0, 0.1) is 0 Å². The molecule has 0 aliphatic carbocycles. The summed E-state index contributed by atoms with van der Waals surface area (Å²) >= 11 is 0. The van der Waals surface area contributed by atoms with E-state index < -0.39 is 12.1 Å². The molecular formula is C7H16N3O2+. The van der Waals surface area contributed by atoms with Crippen LogP contribution >= 0.6 is 0 Å². The number of carbonyl (C=O) groups excluding carboxylic acids is 2. The number of hydrogen-bond donors (Lipinski definition) is 2. The van der Waals surface area contributed by atoms with Crippen molar-refractivity contribution in [3.8, 4) is 0 Å². The predicted molar refractivity (Wildman–Crippen MR) is 44.8 cm³/mol. The third kappa shape index (κ3) is 3.34. The van der Waals surface area contributed by atoms with Crippen molar-refractivity contribution in [1.29, 1.82) is 0 Å². The molecule has 1 atom stereocenters. The lowest BCUT2D eigenvalue weighted by Gasteiger charge is -2.31. The van der Waals surface area contributed by atoms with Crippen molar-refractivity contribution in [3.05, 3.63) is 0 Å². The second kappa shape index (κ2) is 3.53. The normalized spacial score (nSPS) is 13.7. The van der Waals surface area contributed by atoms with Gasteiger partial charge in [0, 0.05) is 6.92 Å². The van der Waals surface area contributed by atoms with Gasteiger partial charge in [0.2, 0.25) is 12.1 Å². The highest BCUT2D eigenvalue weighted by molar-refractivity contribution is 5.84. The van der Waals surface area contributed by atoms with Gasteiger partial charge in [0.15, 0.2) is 0 Å². The van der Waals surface area contributed by atoms with Gasteiger partial charge in [-0.2, -0.15) is 0 Å². The molecule has 3 N–H and O–H groups in total. The van der Waals surface area contributed by atoms with E-state index in [1.807, 2.05) is 0 Å². The van der Waals surface area contributed by atoms with E-state index in [4.69, 9.17) is 5.73 Å². The summed E-state index contributed by atoms with van der Waals surface area (Å²) in [4.78, 5) is 21.5. The molecular weight excluding hydrogens is 158 g/mol. The van der Waals surface area contributed by atoms with E-state index in [2.05, 4.69) is 5.32 Å². The third-order valence-electron chi connectivity index (χ3n) is 1.38. The molecule has 1 unspecified atom stereocenters. The minimum absolute atomic E-state index is 0.258. The van der Waals surface area contributed by atoms with E-state index in [1.165, 1.54) is 6.92 Å². The van der Waals surface area contributed by atoms with Crippen LogP contribution in [-0.4, -0.2) is 43.6 Å². The first-order valence-corrected chi connectivity index (χ1v) is 3.62. The monoisotopic (exact) mass is 174 g/mol. The van der Waals surface area contributed by atoms with Gasteiger partial charge in [-0.1, -0.05) is 0 Å². The number of quaternary nitrogens is 1. The van der Waals surface area contributed by atoms with E-state index >= 15 is 0 Å². The highest BCUT2D eigenvalue weighted by Crippen LogP contribution is 1.97. The SMILES string of the molecule is CC(=O)NC(C(N)=O)[N+](C)(C)C. The first-order valence-electron chi connectivity index (χ1n) is 3.62. The van der Waals surface area contributed by atoms with E-state index in [-0.39, 0.29) is 10.4 Å². The van der Waals surface area contributed by atoms with Crippen LogP contribution in [0.25, 0.3) is 0 Å². The van der Waals surface area contributed by atoms with Gasteiger partial charge >= 0.3 is 0 Å². The van der Waals surface area contributed by atoms with Gasteiger partial charge in [0.1, 0.15) is 0 Å². The van der Waals surface area contributed by atoms with Crippen LogP contribution < -0.4 is 11.1 Å². The average molecular weight is 174 g/mol. The number of amides is 2. The topological polar surface area (TPSA) is 72.2 Å². The molecule has 0 bridgehead atoms. The van der Waals surface area contributed by atoms with Crippen molar-refractivity contribution in [2.24, 2.45) is 5.73 Å². The molecule has 2 amide bonds. The van der Waals surface area contributed by atoms with Crippen LogP contribution in [0.4, 0.5) is 0 Å². The van der Waals surface area contributed by atoms with Gasteiger partial charge in [-0.15, -0.1) is 0 Å². The maximum Gasteiger partial charge on any atom is 0.297 e. The molecule has 0 aliphatic heterocycles. The van der Waals surface area contributed by atoms with Crippen LogP contribution in [0.1, 0.15) is 6.92 Å². The maximum absolute atomic E-state index is 10.9. The molecule has 12 heavy (non-hydrogen) atoms. The molecule has 5 heteroatoms. The first-order chi connectivity index (χ1) is 5.25. The van der Waals surface area contributed by atoms with Crippen molar-refractivity contribution in [3.63, 3.8) is 0 Å². The fourth-order valence-corrected chi connectivity index (χ4v) is 0.839. The summed E-state index contributed by atoms with van der Waals surface area (Å²) in [6, 6.07) is 0. The zero-order chi connectivity index (χ0) is 9.94. The summed E-state index contributed by atoms with van der Waals surface area (Å²) in [6.07, 6.45) is -0.664. The van der Waals surface area contributed by atoms with Crippen LogP contribution in [0.2, 0.25) is 0 Å². The first kappa shape index (κ1) is 10.9. The summed E-state index contributed by atoms with van der Waals surface area (Å²) in [5.41, 5.74) is 5.10. The average Bonchev–Trinajstić information content (AvgIpc) is 1.79. The van der Waals surface area contributed by atoms with E-state index in [9.17, 15) is 9.59 Å². The molecule has 0 heterocycles. The summed E-state index contributed by atoms with van der Waals surface area (Å²) in [5.74, 6) is -0.787. The van der Waals surface area contributed by atoms with Crippen LogP contribution in [-0.2, 0) is 9.59 Å². The Hall–Kier alpha value is -1.10. The molecule has 0 rings (SSSR count). The standard InChI is InChI=1S/C7H15N3O2/c1-5(11)9-7(6(8)12)10(2,3)4/h7H,1-4H3,(H2-,8,9,11,12)/p+1. The van der Waals surface area contributed by atoms with Crippen molar-refractivity contribution >= 4 is 11.8 Å². The molecule has 0 saturated heterocycles. The number of rotatable bonds is 3. The Labute approximate surface area is 72.1 Å². The Morgan fingerprint density at radius 3 is 1.83 bits per heavy atom. The number of likely N-dealkylation sites (N-methyl/N-ethyl adjacent to an activating group) is 1. The largest absolute Gasteiger partial charge is 0.363 e. The quantitative estimate of drug-likeness (QED) is 0.410. The van der Waals surface area contributed by atoms with E-state index in [1.54, 1.807) is 21.1 Å². The van der Waals surface area contributed by atoms with E-state index in [0.29, 0.717) is 0 Å². The third-order valence-corrected chi connectivity index (χ3v) is 1.38. The number of primary amides is 1. The van der Waals surface area contributed by atoms with Gasteiger partial charge in [0.25, 0.3) is 5.91 Å². The lowest BCUT2D eigenvalue weighted by atomic mass is 10.3. The summed E-state index contributed by atoms with van der Waals surface area (Å²) in [7, 11) is 5.35. The second-order valence-electron chi connectivity index (χ2n) is 3.62. The highest BCUT2D eigenvalue weighted by atomic mass is 16.2. The van der Waals surface area contributed by atoms with Gasteiger partial charge < -0.3 is 10.2 Å². The van der Waals surface area contributed by atoms with Gasteiger partial charge in [-0.25, -0.2) is 0 Å². The van der Waals surface area contributed by atoms with Crippen molar-refractivity contribution < 1.29 is 14.1 Å². The minimum Gasteiger partial charge on any atom is -0.363 e. The zero-order valence-corrected chi connectivity index (χ0v) is 7.92. The Bertz CT molecular complexity index is 195. The lowest BCUT2D eigenvalue weighted by Crippen LogP contribution is -2.61. The minimum atomic E-state index is -0.664. The molecule has 0 spiro atoms. The molecule has 0 fully saturated rings. The Morgan fingerprint density at radius 1 is 1.33 bits per heavy atom. The lowest BCUT2D eigenvalue weighted by molar-refractivity contribution is -0.888. The van der Waals surface area contributed by atoms with Crippen molar-refractivity contribution in [2.75, 3.05) is 21.1 Å². The fraction of sp³-hybridized carbons (Fsp3) is 0.714.